The van der Waals surface area contributed by atoms with Crippen LogP contribution in [-0.4, -0.2) is 36.4 Å². The van der Waals surface area contributed by atoms with Crippen LogP contribution in [-0.2, 0) is 17.9 Å². The molecule has 0 atom stereocenters. The molecule has 0 saturated carbocycles. The fourth-order valence-electron chi connectivity index (χ4n) is 3.24. The van der Waals surface area contributed by atoms with Gasteiger partial charge in [-0.05, 0) is 30.4 Å². The molecule has 0 aromatic heterocycles. The van der Waals surface area contributed by atoms with Crippen molar-refractivity contribution in [2.75, 3.05) is 13.6 Å². The molecule has 0 radical (unpaired) electrons. The lowest BCUT2D eigenvalue weighted by atomic mass is 10.1. The quantitative estimate of drug-likeness (QED) is 0.495. The summed E-state index contributed by atoms with van der Waals surface area (Å²) in [6.45, 7) is 2.32. The molecule has 1 fully saturated rings. The number of carbonyl (C=O) groups excluding carboxylic acids is 1. The summed E-state index contributed by atoms with van der Waals surface area (Å²) in [5.41, 5.74) is 2.39. The van der Waals surface area contributed by atoms with Gasteiger partial charge in [-0.15, -0.1) is 0 Å². The third-order valence-electron chi connectivity index (χ3n) is 4.57. The van der Waals surface area contributed by atoms with Gasteiger partial charge in [-0.25, -0.2) is 0 Å². The summed E-state index contributed by atoms with van der Waals surface area (Å²) in [5, 5.41) is 6.81. The van der Waals surface area contributed by atoms with Crippen molar-refractivity contribution in [1.29, 1.82) is 0 Å². The number of hydrogen-bond donors (Lipinski definition) is 2. The van der Waals surface area contributed by atoms with Gasteiger partial charge < -0.3 is 15.5 Å². The lowest BCUT2D eigenvalue weighted by molar-refractivity contribution is -0.128. The number of nitrogens with zero attached hydrogens (tertiary/aromatic N) is 2. The molecule has 1 saturated heterocycles. The van der Waals surface area contributed by atoms with Gasteiger partial charge >= 0.3 is 0 Å². The maximum atomic E-state index is 11.8. The summed E-state index contributed by atoms with van der Waals surface area (Å²) < 4.78 is 0. The van der Waals surface area contributed by atoms with E-state index < -0.39 is 0 Å². The lowest BCUT2D eigenvalue weighted by Gasteiger charge is -2.18. The Balaban J connectivity index is 1.52. The van der Waals surface area contributed by atoms with Crippen molar-refractivity contribution in [3.63, 3.8) is 0 Å². The molecule has 2 N–H and O–H groups in total. The van der Waals surface area contributed by atoms with Gasteiger partial charge in [0, 0.05) is 39.1 Å². The molecule has 1 aliphatic heterocycles. The molecule has 5 heteroatoms. The predicted molar refractivity (Wildman–Crippen MR) is 96.6 cm³/mol. The number of hydrogen-bond acceptors (Lipinski definition) is 2. The first kappa shape index (κ1) is 16.6. The van der Waals surface area contributed by atoms with Crippen LogP contribution in [0.5, 0.6) is 0 Å². The summed E-state index contributed by atoms with van der Waals surface area (Å²) >= 11 is 0. The second-order valence-electron chi connectivity index (χ2n) is 6.45. The number of carbonyl (C=O) groups is 1. The monoisotopic (exact) mass is 326 g/mol. The molecule has 0 spiro atoms. The summed E-state index contributed by atoms with van der Waals surface area (Å²) in [6, 6.07) is 8.87. The van der Waals surface area contributed by atoms with E-state index in [0.29, 0.717) is 19.0 Å². The Labute approximate surface area is 143 Å². The molecule has 0 unspecified atom stereocenters. The minimum atomic E-state index is 0.272. The fraction of sp³-hybridized carbons (Fsp3) is 0.474. The second-order valence-corrected chi connectivity index (χ2v) is 6.45. The zero-order chi connectivity index (χ0) is 16.8. The molecular weight excluding hydrogens is 300 g/mol. The van der Waals surface area contributed by atoms with Crippen molar-refractivity contribution < 1.29 is 4.79 Å². The van der Waals surface area contributed by atoms with Crippen LogP contribution >= 0.6 is 0 Å². The summed E-state index contributed by atoms with van der Waals surface area (Å²) in [4.78, 5) is 18.0. The number of guanidine groups is 1. The van der Waals surface area contributed by atoms with Crippen molar-refractivity contribution in [2.24, 2.45) is 4.99 Å². The van der Waals surface area contributed by atoms with Crippen LogP contribution in [0.2, 0.25) is 0 Å². The molecule has 128 valence electrons. The predicted octanol–water partition coefficient (Wildman–Crippen LogP) is 2.19. The van der Waals surface area contributed by atoms with E-state index in [2.05, 4.69) is 52.0 Å². The molecule has 1 aromatic carbocycles. The van der Waals surface area contributed by atoms with Crippen LogP contribution in [0.15, 0.2) is 41.4 Å². The van der Waals surface area contributed by atoms with Gasteiger partial charge in [-0.3, -0.25) is 9.79 Å². The molecule has 1 aromatic rings. The number of likely N-dealkylation sites (tertiary alicyclic amines) is 1. The lowest BCUT2D eigenvalue weighted by Crippen LogP contribution is -2.42. The molecule has 1 aliphatic carbocycles. The van der Waals surface area contributed by atoms with E-state index in [1.807, 2.05) is 4.90 Å². The van der Waals surface area contributed by atoms with E-state index in [-0.39, 0.29) is 5.91 Å². The zero-order valence-electron chi connectivity index (χ0n) is 14.3. The van der Waals surface area contributed by atoms with Crippen LogP contribution in [0.25, 0.3) is 0 Å². The first-order valence-corrected chi connectivity index (χ1v) is 8.72. The minimum absolute atomic E-state index is 0.272. The number of nitrogens with one attached hydrogen (secondary N) is 2. The smallest absolute Gasteiger partial charge is 0.222 e. The third kappa shape index (κ3) is 4.37. The van der Waals surface area contributed by atoms with E-state index in [9.17, 15) is 4.79 Å². The highest BCUT2D eigenvalue weighted by Crippen LogP contribution is 2.15. The standard InChI is InChI=1S/C19H26N4O/c1-20-19(22-17-8-2-3-9-17)21-13-15-6-4-7-16(12-15)14-23-11-5-10-18(23)24/h2-4,6-7,12,17H,5,8-11,13-14H2,1H3,(H2,20,21,22). The number of benzene rings is 1. The number of amides is 1. The number of aliphatic imine (C=N–C) groups is 1. The second kappa shape index (κ2) is 7.99. The number of rotatable bonds is 5. The normalized spacial score (nSPS) is 18.5. The third-order valence-corrected chi connectivity index (χ3v) is 4.57. The van der Waals surface area contributed by atoms with Crippen molar-refractivity contribution in [1.82, 2.24) is 15.5 Å². The summed E-state index contributed by atoms with van der Waals surface area (Å²) in [7, 11) is 1.80. The maximum absolute atomic E-state index is 11.8. The average Bonchev–Trinajstić information content (AvgIpc) is 3.24. The van der Waals surface area contributed by atoms with Crippen LogP contribution in [0.1, 0.15) is 36.8 Å². The van der Waals surface area contributed by atoms with E-state index in [1.165, 1.54) is 11.1 Å². The largest absolute Gasteiger partial charge is 0.353 e. The maximum Gasteiger partial charge on any atom is 0.222 e. The Morgan fingerprint density at radius 3 is 2.79 bits per heavy atom. The van der Waals surface area contributed by atoms with Gasteiger partial charge in [0.2, 0.25) is 5.91 Å². The Hall–Kier alpha value is -2.30. The van der Waals surface area contributed by atoms with E-state index in [4.69, 9.17) is 0 Å². The van der Waals surface area contributed by atoms with Crippen LogP contribution in [0.3, 0.4) is 0 Å². The molecule has 5 nitrogen and oxygen atoms in total. The fourth-order valence-corrected chi connectivity index (χ4v) is 3.24. The highest BCUT2D eigenvalue weighted by Gasteiger charge is 2.20. The first-order chi connectivity index (χ1) is 11.7. The van der Waals surface area contributed by atoms with Crippen molar-refractivity contribution in [3.05, 3.63) is 47.5 Å². The minimum Gasteiger partial charge on any atom is -0.353 e. The van der Waals surface area contributed by atoms with Gasteiger partial charge in [-0.2, -0.15) is 0 Å². The van der Waals surface area contributed by atoms with E-state index >= 15 is 0 Å². The molecule has 24 heavy (non-hydrogen) atoms. The molecule has 2 aliphatic rings. The van der Waals surface area contributed by atoms with Crippen molar-refractivity contribution >= 4 is 11.9 Å². The van der Waals surface area contributed by atoms with Crippen LogP contribution in [0, 0.1) is 0 Å². The Bertz CT molecular complexity index is 630. The van der Waals surface area contributed by atoms with Gasteiger partial charge in [0.15, 0.2) is 5.96 Å². The van der Waals surface area contributed by atoms with Gasteiger partial charge in [0.1, 0.15) is 0 Å². The van der Waals surface area contributed by atoms with Crippen LogP contribution in [0.4, 0.5) is 0 Å². The van der Waals surface area contributed by atoms with Gasteiger partial charge in [0.25, 0.3) is 0 Å². The first-order valence-electron chi connectivity index (χ1n) is 8.72. The molecule has 3 rings (SSSR count). The summed E-state index contributed by atoms with van der Waals surface area (Å²) in [6.07, 6.45) is 8.19. The Morgan fingerprint density at radius 1 is 1.29 bits per heavy atom. The Kier molecular flexibility index (Phi) is 5.51. The zero-order valence-corrected chi connectivity index (χ0v) is 14.3. The topological polar surface area (TPSA) is 56.7 Å². The summed E-state index contributed by atoms with van der Waals surface area (Å²) in [5.74, 6) is 1.11. The highest BCUT2D eigenvalue weighted by molar-refractivity contribution is 5.80. The molecular formula is C19H26N4O. The Morgan fingerprint density at radius 2 is 2.08 bits per heavy atom. The average molecular weight is 326 g/mol. The SMILES string of the molecule is CN=C(NCc1cccc(CN2CCCC2=O)c1)NC1CC=CC1. The molecule has 0 bridgehead atoms. The molecule has 1 heterocycles. The molecule has 1 amide bonds. The van der Waals surface area contributed by atoms with Gasteiger partial charge in [-0.1, -0.05) is 36.4 Å². The van der Waals surface area contributed by atoms with E-state index in [0.717, 1.165) is 38.3 Å². The van der Waals surface area contributed by atoms with Crippen molar-refractivity contribution in [2.45, 2.75) is 44.8 Å². The highest BCUT2D eigenvalue weighted by atomic mass is 16.2. The van der Waals surface area contributed by atoms with Gasteiger partial charge in [0.05, 0.1) is 0 Å². The van der Waals surface area contributed by atoms with Crippen molar-refractivity contribution in [3.8, 4) is 0 Å². The van der Waals surface area contributed by atoms with E-state index in [1.54, 1.807) is 7.05 Å². The van der Waals surface area contributed by atoms with Crippen LogP contribution < -0.4 is 10.6 Å².